The third-order valence-electron chi connectivity index (χ3n) is 5.83. The van der Waals surface area contributed by atoms with Crippen LogP contribution in [0.15, 0.2) is 73.2 Å². The van der Waals surface area contributed by atoms with Gasteiger partial charge in [-0.3, -0.25) is 24.5 Å². The highest BCUT2D eigenvalue weighted by Gasteiger charge is 2.26. The number of benzene rings is 1. The molecule has 9 heteroatoms. The molecule has 1 unspecified atom stereocenters. The minimum Gasteiger partial charge on any atom is -0.369 e. The first-order valence-corrected chi connectivity index (χ1v) is 11.2. The van der Waals surface area contributed by atoms with Crippen molar-refractivity contribution in [3.63, 3.8) is 0 Å². The first-order valence-electron chi connectivity index (χ1n) is 11.2. The van der Waals surface area contributed by atoms with Gasteiger partial charge in [0.2, 0.25) is 0 Å². The number of hydrogen-bond donors (Lipinski definition) is 2. The van der Waals surface area contributed by atoms with Crippen LogP contribution < -0.4 is 15.5 Å². The van der Waals surface area contributed by atoms with E-state index in [4.69, 9.17) is 0 Å². The maximum atomic E-state index is 13.3. The van der Waals surface area contributed by atoms with E-state index in [0.29, 0.717) is 5.69 Å². The van der Waals surface area contributed by atoms with Crippen molar-refractivity contribution in [1.29, 1.82) is 0 Å². The van der Waals surface area contributed by atoms with Crippen LogP contribution in [0, 0.1) is 5.82 Å². The predicted octanol–water partition coefficient (Wildman–Crippen LogP) is 1.91. The van der Waals surface area contributed by atoms with Crippen LogP contribution in [0.2, 0.25) is 0 Å². The van der Waals surface area contributed by atoms with Crippen LogP contribution in [0.1, 0.15) is 17.3 Å². The van der Waals surface area contributed by atoms with Gasteiger partial charge in [0.05, 0.1) is 18.3 Å². The lowest BCUT2D eigenvalue weighted by Gasteiger charge is -2.40. The molecular weight excluding hydrogens is 435 g/mol. The minimum absolute atomic E-state index is 0.128. The summed E-state index contributed by atoms with van der Waals surface area (Å²) < 4.78 is 13.3. The molecule has 1 fully saturated rings. The molecule has 8 nitrogen and oxygen atoms in total. The summed E-state index contributed by atoms with van der Waals surface area (Å²) in [5, 5.41) is 5.36. The molecule has 2 N–H and O–H groups in total. The summed E-state index contributed by atoms with van der Waals surface area (Å²) in [6.07, 6.45) is 5.12. The maximum absolute atomic E-state index is 13.3. The molecule has 1 aliphatic heterocycles. The Morgan fingerprint density at radius 3 is 2.35 bits per heavy atom. The summed E-state index contributed by atoms with van der Waals surface area (Å²) in [5.74, 6) is -1.63. The number of carbonyl (C=O) groups excluding carboxylic acids is 2. The first kappa shape index (κ1) is 23.3. The van der Waals surface area contributed by atoms with E-state index in [1.54, 1.807) is 42.9 Å². The fourth-order valence-corrected chi connectivity index (χ4v) is 4.00. The van der Waals surface area contributed by atoms with E-state index in [-0.39, 0.29) is 24.9 Å². The molecule has 3 aromatic rings. The molecule has 0 bridgehead atoms. The number of nitrogens with one attached hydrogen (secondary N) is 2. The van der Waals surface area contributed by atoms with E-state index in [0.717, 1.165) is 37.4 Å². The van der Waals surface area contributed by atoms with E-state index in [2.05, 4.69) is 30.4 Å². The highest BCUT2D eigenvalue weighted by molar-refractivity contribution is 6.35. The van der Waals surface area contributed by atoms with Crippen LogP contribution in [0.4, 0.5) is 10.1 Å². The minimum atomic E-state index is -0.697. The monoisotopic (exact) mass is 462 g/mol. The van der Waals surface area contributed by atoms with Crippen molar-refractivity contribution in [1.82, 2.24) is 25.5 Å². The topological polar surface area (TPSA) is 90.5 Å². The quantitative estimate of drug-likeness (QED) is 0.522. The molecule has 0 saturated carbocycles. The van der Waals surface area contributed by atoms with Gasteiger partial charge in [0.1, 0.15) is 5.82 Å². The zero-order valence-electron chi connectivity index (χ0n) is 18.7. The average Bonchev–Trinajstić information content (AvgIpc) is 2.89. The molecule has 1 saturated heterocycles. The highest BCUT2D eigenvalue weighted by atomic mass is 19.1. The second-order valence-corrected chi connectivity index (χ2v) is 8.02. The molecule has 1 aliphatic rings. The summed E-state index contributed by atoms with van der Waals surface area (Å²) in [6, 6.07) is 15.6. The Hall–Kier alpha value is -3.85. The van der Waals surface area contributed by atoms with Crippen molar-refractivity contribution in [2.75, 3.05) is 37.6 Å². The highest BCUT2D eigenvalue weighted by Crippen LogP contribution is 2.23. The van der Waals surface area contributed by atoms with Crippen molar-refractivity contribution >= 4 is 17.5 Å². The lowest BCUT2D eigenvalue weighted by Crippen LogP contribution is -2.50. The molecule has 2 amide bonds. The molecule has 1 aromatic carbocycles. The summed E-state index contributed by atoms with van der Waals surface area (Å²) >= 11 is 0. The summed E-state index contributed by atoms with van der Waals surface area (Å²) in [6.45, 7) is 3.49. The van der Waals surface area contributed by atoms with Gasteiger partial charge in [-0.05, 0) is 48.0 Å². The van der Waals surface area contributed by atoms with Gasteiger partial charge < -0.3 is 15.5 Å². The molecule has 0 spiro atoms. The molecule has 1 atom stereocenters. The number of hydrogen-bond acceptors (Lipinski definition) is 6. The van der Waals surface area contributed by atoms with Gasteiger partial charge in [-0.15, -0.1) is 0 Å². The zero-order valence-corrected chi connectivity index (χ0v) is 18.7. The third-order valence-corrected chi connectivity index (χ3v) is 5.83. The third kappa shape index (κ3) is 6.14. The predicted molar refractivity (Wildman–Crippen MR) is 126 cm³/mol. The lowest BCUT2D eigenvalue weighted by molar-refractivity contribution is -0.139. The molecule has 0 radical (unpaired) electrons. The summed E-state index contributed by atoms with van der Waals surface area (Å²) in [4.78, 5) is 37.5. The largest absolute Gasteiger partial charge is 0.369 e. The van der Waals surface area contributed by atoms with Gasteiger partial charge >= 0.3 is 11.8 Å². The molecule has 0 aliphatic carbocycles. The van der Waals surface area contributed by atoms with Crippen molar-refractivity contribution in [3.8, 4) is 0 Å². The average molecular weight is 463 g/mol. The Bertz CT molecular complexity index is 1070. The standard InChI is InChI=1S/C25H27FN6O2/c26-20-6-8-22(9-7-20)31-12-14-32(15-13-31)23(19-4-3-10-27-16-19)18-30-25(34)24(33)29-17-21-5-1-2-11-28-21/h1-11,16,23H,12-15,17-18H2,(H,29,33)(H,30,34). The van der Waals surface area contributed by atoms with Crippen LogP contribution in [-0.4, -0.2) is 59.4 Å². The van der Waals surface area contributed by atoms with E-state index in [1.807, 2.05) is 18.2 Å². The van der Waals surface area contributed by atoms with Crippen molar-refractivity contribution in [3.05, 3.63) is 90.3 Å². The molecule has 3 heterocycles. The number of anilines is 1. The summed E-state index contributed by atoms with van der Waals surface area (Å²) in [5.41, 5.74) is 2.62. The van der Waals surface area contributed by atoms with Gasteiger partial charge in [0, 0.05) is 57.0 Å². The van der Waals surface area contributed by atoms with E-state index < -0.39 is 11.8 Å². The van der Waals surface area contributed by atoms with Gasteiger partial charge in [-0.25, -0.2) is 4.39 Å². The second-order valence-electron chi connectivity index (χ2n) is 8.02. The molecule has 176 valence electrons. The summed E-state index contributed by atoms with van der Waals surface area (Å²) in [7, 11) is 0. The van der Waals surface area contributed by atoms with Gasteiger partial charge in [0.25, 0.3) is 0 Å². The fourth-order valence-electron chi connectivity index (χ4n) is 4.00. The normalized spacial score (nSPS) is 14.9. The molecule has 34 heavy (non-hydrogen) atoms. The number of nitrogens with zero attached hydrogens (tertiary/aromatic N) is 4. The Balaban J connectivity index is 1.35. The van der Waals surface area contributed by atoms with Crippen LogP contribution in [0.5, 0.6) is 0 Å². The number of aromatic nitrogens is 2. The first-order chi connectivity index (χ1) is 16.6. The SMILES string of the molecule is O=C(NCc1ccccn1)C(=O)NCC(c1cccnc1)N1CCN(c2ccc(F)cc2)CC1. The molecule has 2 aromatic heterocycles. The number of piperazine rings is 1. The Morgan fingerprint density at radius 1 is 0.912 bits per heavy atom. The smallest absolute Gasteiger partial charge is 0.309 e. The lowest BCUT2D eigenvalue weighted by atomic mass is 10.1. The van der Waals surface area contributed by atoms with Gasteiger partial charge in [-0.1, -0.05) is 12.1 Å². The Labute approximate surface area is 197 Å². The molecule has 4 rings (SSSR count). The zero-order chi connectivity index (χ0) is 23.8. The number of amides is 2. The van der Waals surface area contributed by atoms with Gasteiger partial charge in [0.15, 0.2) is 0 Å². The maximum Gasteiger partial charge on any atom is 0.309 e. The second kappa shape index (κ2) is 11.3. The van der Waals surface area contributed by atoms with Crippen LogP contribution >= 0.6 is 0 Å². The van der Waals surface area contributed by atoms with E-state index in [9.17, 15) is 14.0 Å². The van der Waals surface area contributed by atoms with Crippen molar-refractivity contribution in [2.45, 2.75) is 12.6 Å². The molecular formula is C25H27FN6O2. The number of pyridine rings is 2. The number of carbonyl (C=O) groups is 2. The van der Waals surface area contributed by atoms with Gasteiger partial charge in [-0.2, -0.15) is 0 Å². The Kier molecular flexibility index (Phi) is 7.77. The van der Waals surface area contributed by atoms with E-state index in [1.165, 1.54) is 12.1 Å². The van der Waals surface area contributed by atoms with Crippen molar-refractivity contribution < 1.29 is 14.0 Å². The number of rotatable bonds is 7. The van der Waals surface area contributed by atoms with Crippen LogP contribution in [0.3, 0.4) is 0 Å². The van der Waals surface area contributed by atoms with E-state index >= 15 is 0 Å². The fraction of sp³-hybridized carbons (Fsp3) is 0.280. The number of halogens is 1. The van der Waals surface area contributed by atoms with Crippen molar-refractivity contribution in [2.24, 2.45) is 0 Å². The Morgan fingerprint density at radius 2 is 1.68 bits per heavy atom. The van der Waals surface area contributed by atoms with Crippen LogP contribution in [-0.2, 0) is 16.1 Å². The van der Waals surface area contributed by atoms with Crippen LogP contribution in [0.25, 0.3) is 0 Å².